The first-order valence-electron chi connectivity index (χ1n) is 8.05. The summed E-state index contributed by atoms with van der Waals surface area (Å²) >= 11 is 0. The van der Waals surface area contributed by atoms with Crippen LogP contribution in [-0.4, -0.2) is 48.5 Å². The molecule has 2 aromatic rings. The van der Waals surface area contributed by atoms with Gasteiger partial charge in [0.05, 0.1) is 16.9 Å². The van der Waals surface area contributed by atoms with Crippen LogP contribution >= 0.6 is 0 Å². The predicted molar refractivity (Wildman–Crippen MR) is 93.0 cm³/mol. The van der Waals surface area contributed by atoms with Crippen LogP contribution in [0.5, 0.6) is 0 Å². The minimum Gasteiger partial charge on any atom is -0.367 e. The van der Waals surface area contributed by atoms with Crippen molar-refractivity contribution < 1.29 is 4.79 Å². The molecule has 5 heteroatoms. The number of anilines is 2. The first-order chi connectivity index (χ1) is 11.3. The first kappa shape index (κ1) is 15.5. The van der Waals surface area contributed by atoms with Gasteiger partial charge in [0.15, 0.2) is 0 Å². The van der Waals surface area contributed by atoms with E-state index in [0.717, 1.165) is 44.1 Å². The lowest BCUT2D eigenvalue weighted by Crippen LogP contribution is -2.46. The van der Waals surface area contributed by atoms with E-state index in [-0.39, 0.29) is 5.91 Å². The summed E-state index contributed by atoms with van der Waals surface area (Å²) < 4.78 is 0. The number of carbonyl (C=O) groups is 1. The largest absolute Gasteiger partial charge is 0.367 e. The molecule has 1 saturated heterocycles. The predicted octanol–water partition coefficient (Wildman–Crippen LogP) is 2.48. The van der Waals surface area contributed by atoms with Crippen LogP contribution in [-0.2, 0) is 0 Å². The SMILES string of the molecule is CCN1CCN(c2ccccc2NC(=O)c2cccnc2)CC1. The van der Waals surface area contributed by atoms with Crippen molar-refractivity contribution >= 4 is 17.3 Å². The third kappa shape index (κ3) is 3.68. The van der Waals surface area contributed by atoms with Gasteiger partial charge in [-0.2, -0.15) is 0 Å². The summed E-state index contributed by atoms with van der Waals surface area (Å²) in [7, 11) is 0. The molecule has 1 aliphatic heterocycles. The lowest BCUT2D eigenvalue weighted by molar-refractivity contribution is 0.102. The number of carbonyl (C=O) groups excluding carboxylic acids is 1. The zero-order valence-corrected chi connectivity index (χ0v) is 13.4. The van der Waals surface area contributed by atoms with Gasteiger partial charge in [0.25, 0.3) is 5.91 Å². The van der Waals surface area contributed by atoms with E-state index in [2.05, 4.69) is 33.1 Å². The molecule has 0 bridgehead atoms. The van der Waals surface area contributed by atoms with Gasteiger partial charge in [0.2, 0.25) is 0 Å². The number of nitrogens with one attached hydrogen (secondary N) is 1. The molecule has 3 rings (SSSR count). The molecular formula is C18H22N4O. The molecule has 2 heterocycles. The standard InChI is InChI=1S/C18H22N4O/c1-2-21-10-12-22(13-11-21)17-8-4-3-7-16(17)20-18(23)15-6-5-9-19-14-15/h3-9,14H,2,10-13H2,1H3,(H,20,23). The number of likely N-dealkylation sites (N-methyl/N-ethyl adjacent to an activating group) is 1. The van der Waals surface area contributed by atoms with E-state index in [4.69, 9.17) is 0 Å². The smallest absolute Gasteiger partial charge is 0.257 e. The molecule has 1 fully saturated rings. The molecule has 0 unspecified atom stereocenters. The van der Waals surface area contributed by atoms with E-state index >= 15 is 0 Å². The van der Waals surface area contributed by atoms with Crippen molar-refractivity contribution in [3.63, 3.8) is 0 Å². The van der Waals surface area contributed by atoms with Gasteiger partial charge in [-0.15, -0.1) is 0 Å². The van der Waals surface area contributed by atoms with E-state index in [1.165, 1.54) is 0 Å². The van der Waals surface area contributed by atoms with E-state index in [0.29, 0.717) is 5.56 Å². The molecular weight excluding hydrogens is 288 g/mol. The highest BCUT2D eigenvalue weighted by Gasteiger charge is 2.19. The summed E-state index contributed by atoms with van der Waals surface area (Å²) in [5, 5.41) is 3.02. The number of para-hydroxylation sites is 2. The van der Waals surface area contributed by atoms with Crippen molar-refractivity contribution in [1.82, 2.24) is 9.88 Å². The minimum absolute atomic E-state index is 0.127. The zero-order valence-electron chi connectivity index (χ0n) is 13.4. The molecule has 1 N–H and O–H groups in total. The number of rotatable bonds is 4. The first-order valence-corrected chi connectivity index (χ1v) is 8.05. The van der Waals surface area contributed by atoms with Crippen LogP contribution in [0.1, 0.15) is 17.3 Å². The minimum atomic E-state index is -0.127. The maximum atomic E-state index is 12.4. The highest BCUT2D eigenvalue weighted by molar-refractivity contribution is 6.05. The van der Waals surface area contributed by atoms with E-state index < -0.39 is 0 Å². The van der Waals surface area contributed by atoms with Crippen molar-refractivity contribution in [3.8, 4) is 0 Å². The Morgan fingerprint density at radius 1 is 1.13 bits per heavy atom. The van der Waals surface area contributed by atoms with Crippen molar-refractivity contribution in [2.45, 2.75) is 6.92 Å². The summed E-state index contributed by atoms with van der Waals surface area (Å²) in [5.41, 5.74) is 2.50. The second-order valence-electron chi connectivity index (χ2n) is 5.63. The lowest BCUT2D eigenvalue weighted by atomic mass is 10.2. The number of benzene rings is 1. The Bertz CT molecular complexity index is 651. The third-order valence-electron chi connectivity index (χ3n) is 4.24. The molecule has 1 aliphatic rings. The Morgan fingerprint density at radius 2 is 1.91 bits per heavy atom. The Labute approximate surface area is 136 Å². The van der Waals surface area contributed by atoms with Gasteiger partial charge >= 0.3 is 0 Å². The number of amides is 1. The van der Waals surface area contributed by atoms with E-state index in [1.807, 2.05) is 18.2 Å². The Hall–Kier alpha value is -2.40. The van der Waals surface area contributed by atoms with Gasteiger partial charge in [0.1, 0.15) is 0 Å². The molecule has 0 saturated carbocycles. The number of hydrogen-bond acceptors (Lipinski definition) is 4. The van der Waals surface area contributed by atoms with Crippen LogP contribution in [0, 0.1) is 0 Å². The topological polar surface area (TPSA) is 48.5 Å². The van der Waals surface area contributed by atoms with E-state index in [1.54, 1.807) is 24.5 Å². The molecule has 0 atom stereocenters. The average molecular weight is 310 g/mol. The van der Waals surface area contributed by atoms with Crippen molar-refractivity contribution in [2.24, 2.45) is 0 Å². The zero-order chi connectivity index (χ0) is 16.1. The molecule has 23 heavy (non-hydrogen) atoms. The Kier molecular flexibility index (Phi) is 4.88. The summed E-state index contributed by atoms with van der Waals surface area (Å²) in [6, 6.07) is 11.5. The summed E-state index contributed by atoms with van der Waals surface area (Å²) in [6.45, 7) is 7.36. The van der Waals surface area contributed by atoms with Gasteiger partial charge in [-0.1, -0.05) is 19.1 Å². The summed E-state index contributed by atoms with van der Waals surface area (Å²) in [4.78, 5) is 21.1. The lowest BCUT2D eigenvalue weighted by Gasteiger charge is -2.36. The molecule has 1 aromatic heterocycles. The van der Waals surface area contributed by atoms with E-state index in [9.17, 15) is 4.79 Å². The highest BCUT2D eigenvalue weighted by atomic mass is 16.1. The van der Waals surface area contributed by atoms with Crippen LogP contribution in [0.25, 0.3) is 0 Å². The second kappa shape index (κ2) is 7.24. The normalized spacial score (nSPS) is 15.4. The van der Waals surface area contributed by atoms with Crippen LogP contribution in [0.2, 0.25) is 0 Å². The van der Waals surface area contributed by atoms with Crippen molar-refractivity contribution in [3.05, 3.63) is 54.4 Å². The fourth-order valence-electron chi connectivity index (χ4n) is 2.85. The molecule has 0 aliphatic carbocycles. The molecule has 120 valence electrons. The molecule has 0 spiro atoms. The van der Waals surface area contributed by atoms with Gasteiger partial charge in [-0.05, 0) is 30.8 Å². The van der Waals surface area contributed by atoms with Gasteiger partial charge in [-0.3, -0.25) is 9.78 Å². The number of pyridine rings is 1. The number of hydrogen-bond donors (Lipinski definition) is 1. The van der Waals surface area contributed by atoms with Crippen LogP contribution in [0.3, 0.4) is 0 Å². The average Bonchev–Trinajstić information content (AvgIpc) is 2.63. The third-order valence-corrected chi connectivity index (χ3v) is 4.24. The maximum absolute atomic E-state index is 12.4. The van der Waals surface area contributed by atoms with Crippen molar-refractivity contribution in [2.75, 3.05) is 42.9 Å². The summed E-state index contributed by atoms with van der Waals surface area (Å²) in [6.07, 6.45) is 3.25. The molecule has 1 amide bonds. The van der Waals surface area contributed by atoms with Crippen LogP contribution in [0.4, 0.5) is 11.4 Å². The number of piperazine rings is 1. The second-order valence-corrected chi connectivity index (χ2v) is 5.63. The summed E-state index contributed by atoms with van der Waals surface area (Å²) in [5.74, 6) is -0.127. The molecule has 5 nitrogen and oxygen atoms in total. The number of nitrogens with zero attached hydrogens (tertiary/aromatic N) is 3. The highest BCUT2D eigenvalue weighted by Crippen LogP contribution is 2.27. The fourth-order valence-corrected chi connectivity index (χ4v) is 2.85. The maximum Gasteiger partial charge on any atom is 0.257 e. The van der Waals surface area contributed by atoms with Crippen molar-refractivity contribution in [1.29, 1.82) is 0 Å². The Balaban J connectivity index is 1.75. The molecule has 0 radical (unpaired) electrons. The van der Waals surface area contributed by atoms with Gasteiger partial charge < -0.3 is 15.1 Å². The van der Waals surface area contributed by atoms with Crippen LogP contribution < -0.4 is 10.2 Å². The molecule has 1 aromatic carbocycles. The fraction of sp³-hybridized carbons (Fsp3) is 0.333. The monoisotopic (exact) mass is 310 g/mol. The number of aromatic nitrogens is 1. The van der Waals surface area contributed by atoms with Gasteiger partial charge in [-0.25, -0.2) is 0 Å². The quantitative estimate of drug-likeness (QED) is 0.942. The van der Waals surface area contributed by atoms with Gasteiger partial charge in [0, 0.05) is 38.6 Å². The Morgan fingerprint density at radius 3 is 2.61 bits per heavy atom. The van der Waals surface area contributed by atoms with Crippen LogP contribution in [0.15, 0.2) is 48.8 Å².